The van der Waals surface area contributed by atoms with Gasteiger partial charge in [-0.05, 0) is 45.7 Å². The summed E-state index contributed by atoms with van der Waals surface area (Å²) in [6.07, 6.45) is 6.27. The zero-order valence-corrected chi connectivity index (χ0v) is 16.6. The molecule has 24 heavy (non-hydrogen) atoms. The lowest BCUT2D eigenvalue weighted by Gasteiger charge is -2.32. The van der Waals surface area contributed by atoms with Crippen LogP contribution in [0.15, 0.2) is 4.99 Å². The number of unbranched alkanes of at least 4 members (excludes halogenated alkanes) is 2. The minimum atomic E-state index is 0.806. The predicted octanol–water partition coefficient (Wildman–Crippen LogP) is 2.40. The van der Waals surface area contributed by atoms with Gasteiger partial charge < -0.3 is 20.4 Å². The molecule has 0 bridgehead atoms. The summed E-state index contributed by atoms with van der Waals surface area (Å²) in [5, 5.41) is 6.83. The standard InChI is InChI=1S/C19H41N5/c1-5-20-19(21-11-7-6-10-18(2)3)22-12-8-9-13-24-16-14-23(4)15-17-24/h18H,5-17H2,1-4H3,(H2,20,21,22). The molecule has 0 aromatic heterocycles. The van der Waals surface area contributed by atoms with Gasteiger partial charge in [0.1, 0.15) is 0 Å². The van der Waals surface area contributed by atoms with E-state index >= 15 is 0 Å². The number of piperazine rings is 1. The molecular formula is C19H41N5. The number of aliphatic imine (C=N–C) groups is 1. The Morgan fingerprint density at radius 2 is 1.75 bits per heavy atom. The van der Waals surface area contributed by atoms with E-state index in [0.717, 1.165) is 31.5 Å². The van der Waals surface area contributed by atoms with Gasteiger partial charge in [-0.2, -0.15) is 0 Å². The maximum Gasteiger partial charge on any atom is 0.191 e. The van der Waals surface area contributed by atoms with E-state index < -0.39 is 0 Å². The zero-order chi connectivity index (χ0) is 17.6. The van der Waals surface area contributed by atoms with Crippen molar-refractivity contribution in [2.24, 2.45) is 10.9 Å². The second-order valence-electron chi connectivity index (χ2n) is 7.43. The summed E-state index contributed by atoms with van der Waals surface area (Å²) in [6.45, 7) is 15.7. The van der Waals surface area contributed by atoms with E-state index in [-0.39, 0.29) is 0 Å². The van der Waals surface area contributed by atoms with Crippen molar-refractivity contribution < 1.29 is 0 Å². The highest BCUT2D eigenvalue weighted by Gasteiger charge is 2.12. The maximum atomic E-state index is 4.68. The first-order valence-corrected chi connectivity index (χ1v) is 10.0. The van der Waals surface area contributed by atoms with Gasteiger partial charge in [-0.25, -0.2) is 0 Å². The second kappa shape index (κ2) is 13.5. The quantitative estimate of drug-likeness (QED) is 0.345. The fourth-order valence-corrected chi connectivity index (χ4v) is 2.94. The molecule has 0 unspecified atom stereocenters. The fraction of sp³-hybridized carbons (Fsp3) is 0.947. The molecule has 0 aliphatic carbocycles. The van der Waals surface area contributed by atoms with Crippen LogP contribution in [0, 0.1) is 5.92 Å². The highest BCUT2D eigenvalue weighted by atomic mass is 15.2. The van der Waals surface area contributed by atoms with Gasteiger partial charge in [0.15, 0.2) is 5.96 Å². The van der Waals surface area contributed by atoms with E-state index in [1.165, 1.54) is 64.8 Å². The number of likely N-dealkylation sites (N-methyl/N-ethyl adjacent to an activating group) is 1. The summed E-state index contributed by atoms with van der Waals surface area (Å²) in [5.74, 6) is 1.79. The van der Waals surface area contributed by atoms with Crippen molar-refractivity contribution in [3.8, 4) is 0 Å². The Labute approximate surface area is 150 Å². The second-order valence-corrected chi connectivity index (χ2v) is 7.43. The third-order valence-corrected chi connectivity index (χ3v) is 4.59. The van der Waals surface area contributed by atoms with E-state index in [0.29, 0.717) is 0 Å². The number of hydrogen-bond donors (Lipinski definition) is 2. The van der Waals surface area contributed by atoms with Crippen molar-refractivity contribution in [1.29, 1.82) is 0 Å². The topological polar surface area (TPSA) is 42.9 Å². The Bertz CT molecular complexity index is 322. The molecule has 2 N–H and O–H groups in total. The first-order chi connectivity index (χ1) is 11.6. The lowest BCUT2D eigenvalue weighted by molar-refractivity contribution is 0.152. The monoisotopic (exact) mass is 339 g/mol. The van der Waals surface area contributed by atoms with Crippen LogP contribution in [0.4, 0.5) is 0 Å². The van der Waals surface area contributed by atoms with Crippen molar-refractivity contribution in [1.82, 2.24) is 20.4 Å². The van der Waals surface area contributed by atoms with Crippen LogP contribution < -0.4 is 10.6 Å². The van der Waals surface area contributed by atoms with Crippen molar-refractivity contribution >= 4 is 5.96 Å². The van der Waals surface area contributed by atoms with Crippen molar-refractivity contribution in [2.75, 3.05) is 59.4 Å². The molecule has 0 radical (unpaired) electrons. The average molecular weight is 340 g/mol. The molecule has 1 fully saturated rings. The minimum Gasteiger partial charge on any atom is -0.357 e. The highest BCUT2D eigenvalue weighted by Crippen LogP contribution is 2.05. The Morgan fingerprint density at radius 1 is 1.00 bits per heavy atom. The lowest BCUT2D eigenvalue weighted by atomic mass is 10.1. The molecule has 1 rings (SSSR count). The van der Waals surface area contributed by atoms with Crippen molar-refractivity contribution in [3.63, 3.8) is 0 Å². The number of rotatable bonds is 11. The minimum absolute atomic E-state index is 0.806. The molecule has 0 spiro atoms. The number of nitrogens with one attached hydrogen (secondary N) is 2. The summed E-state index contributed by atoms with van der Waals surface area (Å²) < 4.78 is 0. The number of nitrogens with zero attached hydrogens (tertiary/aromatic N) is 3. The van der Waals surface area contributed by atoms with Gasteiger partial charge in [-0.3, -0.25) is 4.99 Å². The highest BCUT2D eigenvalue weighted by molar-refractivity contribution is 5.79. The Hall–Kier alpha value is -0.810. The summed E-state index contributed by atoms with van der Waals surface area (Å²) >= 11 is 0. The summed E-state index contributed by atoms with van der Waals surface area (Å²) in [5.41, 5.74) is 0. The smallest absolute Gasteiger partial charge is 0.191 e. The van der Waals surface area contributed by atoms with Crippen LogP contribution in [-0.2, 0) is 0 Å². The van der Waals surface area contributed by atoms with Crippen LogP contribution in [0.2, 0.25) is 0 Å². The van der Waals surface area contributed by atoms with E-state index in [9.17, 15) is 0 Å². The van der Waals surface area contributed by atoms with Gasteiger partial charge in [-0.15, -0.1) is 0 Å². The fourth-order valence-electron chi connectivity index (χ4n) is 2.94. The molecule has 0 saturated carbocycles. The largest absolute Gasteiger partial charge is 0.357 e. The Balaban J connectivity index is 2.07. The van der Waals surface area contributed by atoms with Crippen molar-refractivity contribution in [2.45, 2.75) is 52.9 Å². The molecule has 142 valence electrons. The van der Waals surface area contributed by atoms with Gasteiger partial charge in [0.2, 0.25) is 0 Å². The molecule has 1 aliphatic rings. The van der Waals surface area contributed by atoms with Crippen LogP contribution in [0.1, 0.15) is 52.9 Å². The number of hydrogen-bond acceptors (Lipinski definition) is 3. The van der Waals surface area contributed by atoms with E-state index in [2.05, 4.69) is 53.2 Å². The normalized spacial score (nSPS) is 17.5. The van der Waals surface area contributed by atoms with Crippen LogP contribution in [-0.4, -0.2) is 75.2 Å². The molecule has 0 atom stereocenters. The molecule has 1 saturated heterocycles. The van der Waals surface area contributed by atoms with Crippen LogP contribution in [0.5, 0.6) is 0 Å². The molecule has 1 heterocycles. The third-order valence-electron chi connectivity index (χ3n) is 4.59. The van der Waals surface area contributed by atoms with Crippen LogP contribution in [0.25, 0.3) is 0 Å². The Morgan fingerprint density at radius 3 is 2.42 bits per heavy atom. The molecule has 0 amide bonds. The van der Waals surface area contributed by atoms with Gasteiger partial charge in [-0.1, -0.05) is 26.7 Å². The molecule has 1 aliphatic heterocycles. The molecule has 5 heteroatoms. The Kier molecular flexibility index (Phi) is 11.9. The van der Waals surface area contributed by atoms with E-state index in [1.54, 1.807) is 0 Å². The first kappa shape index (κ1) is 21.2. The number of guanidine groups is 1. The van der Waals surface area contributed by atoms with E-state index in [4.69, 9.17) is 0 Å². The molecule has 0 aromatic carbocycles. The maximum absolute atomic E-state index is 4.68. The van der Waals surface area contributed by atoms with E-state index in [1.807, 2.05) is 0 Å². The van der Waals surface area contributed by atoms with Crippen LogP contribution >= 0.6 is 0 Å². The molecule has 5 nitrogen and oxygen atoms in total. The SMILES string of the molecule is CCNC(=NCCCCC(C)C)NCCCCN1CCN(C)CC1. The van der Waals surface area contributed by atoms with Gasteiger partial charge in [0.25, 0.3) is 0 Å². The van der Waals surface area contributed by atoms with Gasteiger partial charge >= 0.3 is 0 Å². The first-order valence-electron chi connectivity index (χ1n) is 10.0. The van der Waals surface area contributed by atoms with Gasteiger partial charge in [0.05, 0.1) is 0 Å². The zero-order valence-electron chi connectivity index (χ0n) is 16.6. The van der Waals surface area contributed by atoms with Crippen LogP contribution in [0.3, 0.4) is 0 Å². The third kappa shape index (κ3) is 10.9. The summed E-state index contributed by atoms with van der Waals surface area (Å²) in [7, 11) is 2.21. The predicted molar refractivity (Wildman–Crippen MR) is 106 cm³/mol. The average Bonchev–Trinajstić information content (AvgIpc) is 2.55. The van der Waals surface area contributed by atoms with Gasteiger partial charge in [0, 0.05) is 45.8 Å². The van der Waals surface area contributed by atoms with Crippen molar-refractivity contribution in [3.05, 3.63) is 0 Å². The summed E-state index contributed by atoms with van der Waals surface area (Å²) in [4.78, 5) is 9.69. The lowest BCUT2D eigenvalue weighted by Crippen LogP contribution is -2.44. The molecule has 0 aromatic rings. The summed E-state index contributed by atoms with van der Waals surface area (Å²) in [6, 6.07) is 0. The molecular weight excluding hydrogens is 298 g/mol.